The Balaban J connectivity index is 1.30. The number of fused-ring (bicyclic) bond motifs is 2. The van der Waals surface area contributed by atoms with Gasteiger partial charge in [0, 0.05) is 31.7 Å². The van der Waals surface area contributed by atoms with Gasteiger partial charge in [-0.05, 0) is 50.3 Å². The summed E-state index contributed by atoms with van der Waals surface area (Å²) in [5.74, 6) is 2.39. The molecule has 1 N–H and O–H groups in total. The van der Waals surface area contributed by atoms with Gasteiger partial charge in [-0.25, -0.2) is 0 Å². The van der Waals surface area contributed by atoms with E-state index in [0.29, 0.717) is 17.7 Å². The molecule has 0 radical (unpaired) electrons. The molecule has 5 rings (SSSR count). The number of hydrogen-bond donors (Lipinski definition) is 1. The summed E-state index contributed by atoms with van der Waals surface area (Å²) in [5, 5.41) is 12.2. The number of hydrogen-bond acceptors (Lipinski definition) is 4. The number of carbonyl (C=O) groups excluding carboxylic acids is 1. The highest BCUT2D eigenvalue weighted by atomic mass is 16.2. The maximum atomic E-state index is 13.4. The Morgan fingerprint density at radius 2 is 2.04 bits per heavy atom. The summed E-state index contributed by atoms with van der Waals surface area (Å²) in [6.07, 6.45) is 8.76. The topological polar surface area (TPSA) is 62.5 Å². The molecule has 0 spiro atoms. The van der Waals surface area contributed by atoms with Crippen molar-refractivity contribution in [3.8, 4) is 0 Å². The van der Waals surface area contributed by atoms with Crippen LogP contribution < -0.4 is 5.32 Å². The molecule has 26 heavy (non-hydrogen) atoms. The van der Waals surface area contributed by atoms with E-state index in [1.165, 1.54) is 19.3 Å². The van der Waals surface area contributed by atoms with Gasteiger partial charge in [0.25, 0.3) is 0 Å². The minimum absolute atomic E-state index is 0.118. The molecular weight excluding hydrogens is 326 g/mol. The summed E-state index contributed by atoms with van der Waals surface area (Å²) in [5.41, 5.74) is 0.786. The summed E-state index contributed by atoms with van der Waals surface area (Å²) < 4.78 is 2.10. The van der Waals surface area contributed by atoms with Gasteiger partial charge in [-0.15, -0.1) is 10.2 Å². The first-order valence-corrected chi connectivity index (χ1v) is 10.1. The van der Waals surface area contributed by atoms with E-state index in [1.54, 1.807) is 0 Å². The standard InChI is InChI=1S/C20H27N5O/c26-19(20-9-3-1-5-16(20)13-21-14-20)24-11-7-15(8-12-24)18-23-22-17-6-2-4-10-25(17)18/h2,4,6,10,15-16,21H,1,3,5,7-9,11-14H2/t16-,20+/m0/s1. The number of piperidine rings is 1. The second kappa shape index (κ2) is 6.34. The predicted molar refractivity (Wildman–Crippen MR) is 98.8 cm³/mol. The molecule has 2 saturated heterocycles. The number of pyridine rings is 1. The van der Waals surface area contributed by atoms with Crippen molar-refractivity contribution in [1.29, 1.82) is 0 Å². The van der Waals surface area contributed by atoms with Crippen molar-refractivity contribution in [2.45, 2.75) is 44.4 Å². The molecule has 6 heteroatoms. The molecule has 3 aliphatic rings. The lowest BCUT2D eigenvalue weighted by molar-refractivity contribution is -0.146. The summed E-state index contributed by atoms with van der Waals surface area (Å²) in [6.45, 7) is 3.60. The summed E-state index contributed by atoms with van der Waals surface area (Å²) in [6, 6.07) is 6.00. The minimum atomic E-state index is -0.118. The highest BCUT2D eigenvalue weighted by Crippen LogP contribution is 2.45. The Bertz CT molecular complexity index is 809. The number of likely N-dealkylation sites (tertiary alicyclic amines) is 1. The molecular formula is C20H27N5O. The predicted octanol–water partition coefficient (Wildman–Crippen LogP) is 2.22. The Kier molecular flexibility index (Phi) is 3.96. The van der Waals surface area contributed by atoms with Crippen LogP contribution in [0.25, 0.3) is 5.65 Å². The van der Waals surface area contributed by atoms with Crippen LogP contribution in [0.1, 0.15) is 50.3 Å². The van der Waals surface area contributed by atoms with E-state index >= 15 is 0 Å². The normalized spacial score (nSPS) is 29.8. The Labute approximate surface area is 154 Å². The molecule has 2 aromatic heterocycles. The average molecular weight is 353 g/mol. The zero-order valence-electron chi connectivity index (χ0n) is 15.2. The van der Waals surface area contributed by atoms with Gasteiger partial charge in [0.2, 0.25) is 5.91 Å². The van der Waals surface area contributed by atoms with Crippen molar-refractivity contribution in [3.63, 3.8) is 0 Å². The summed E-state index contributed by atoms with van der Waals surface area (Å²) in [4.78, 5) is 15.6. The number of carbonyl (C=O) groups is 1. The fourth-order valence-corrected chi connectivity index (χ4v) is 5.46. The van der Waals surface area contributed by atoms with Crippen LogP contribution in [-0.4, -0.2) is 51.6 Å². The van der Waals surface area contributed by atoms with E-state index in [4.69, 9.17) is 0 Å². The zero-order chi connectivity index (χ0) is 17.6. The molecule has 0 aromatic carbocycles. The van der Waals surface area contributed by atoms with Crippen LogP contribution in [0.5, 0.6) is 0 Å². The maximum absolute atomic E-state index is 13.4. The molecule has 138 valence electrons. The third kappa shape index (κ3) is 2.46. The first-order valence-electron chi connectivity index (χ1n) is 10.1. The Morgan fingerprint density at radius 3 is 2.92 bits per heavy atom. The van der Waals surface area contributed by atoms with Gasteiger partial charge < -0.3 is 10.2 Å². The fourth-order valence-electron chi connectivity index (χ4n) is 5.46. The van der Waals surface area contributed by atoms with Gasteiger partial charge in [-0.1, -0.05) is 18.9 Å². The molecule has 2 aliphatic heterocycles. The molecule has 4 heterocycles. The van der Waals surface area contributed by atoms with Crippen molar-refractivity contribution < 1.29 is 4.79 Å². The maximum Gasteiger partial charge on any atom is 0.230 e. The Morgan fingerprint density at radius 1 is 1.15 bits per heavy atom. The number of rotatable bonds is 2. The van der Waals surface area contributed by atoms with Crippen LogP contribution >= 0.6 is 0 Å². The van der Waals surface area contributed by atoms with Gasteiger partial charge in [0.05, 0.1) is 5.41 Å². The average Bonchev–Trinajstić information content (AvgIpc) is 3.32. The number of nitrogens with zero attached hydrogens (tertiary/aromatic N) is 4. The molecule has 0 unspecified atom stereocenters. The van der Waals surface area contributed by atoms with Crippen molar-refractivity contribution in [2.75, 3.05) is 26.2 Å². The molecule has 6 nitrogen and oxygen atoms in total. The largest absolute Gasteiger partial charge is 0.342 e. The van der Waals surface area contributed by atoms with Gasteiger partial charge >= 0.3 is 0 Å². The highest BCUT2D eigenvalue weighted by molar-refractivity contribution is 5.84. The second-order valence-corrected chi connectivity index (χ2v) is 8.28. The third-order valence-electron chi connectivity index (χ3n) is 6.95. The lowest BCUT2D eigenvalue weighted by atomic mass is 9.67. The third-order valence-corrected chi connectivity index (χ3v) is 6.95. The zero-order valence-corrected chi connectivity index (χ0v) is 15.2. The van der Waals surface area contributed by atoms with Crippen LogP contribution in [0, 0.1) is 11.3 Å². The van der Waals surface area contributed by atoms with Crippen LogP contribution in [0.3, 0.4) is 0 Å². The Hall–Kier alpha value is -1.95. The van der Waals surface area contributed by atoms with E-state index < -0.39 is 0 Å². The first-order chi connectivity index (χ1) is 12.8. The summed E-state index contributed by atoms with van der Waals surface area (Å²) >= 11 is 0. The molecule has 2 aromatic rings. The van der Waals surface area contributed by atoms with Crippen LogP contribution in [0.15, 0.2) is 24.4 Å². The highest BCUT2D eigenvalue weighted by Gasteiger charge is 2.51. The van der Waals surface area contributed by atoms with Gasteiger partial charge in [-0.3, -0.25) is 9.20 Å². The van der Waals surface area contributed by atoms with Gasteiger partial charge in [0.15, 0.2) is 5.65 Å². The molecule has 1 amide bonds. The quantitative estimate of drug-likeness (QED) is 0.899. The molecule has 1 aliphatic carbocycles. The summed E-state index contributed by atoms with van der Waals surface area (Å²) in [7, 11) is 0. The SMILES string of the molecule is O=C(N1CCC(c2nnc3ccccn23)CC1)[C@@]12CCCC[C@H]1CNC2. The van der Waals surface area contributed by atoms with Crippen LogP contribution in [0.2, 0.25) is 0 Å². The van der Waals surface area contributed by atoms with Crippen molar-refractivity contribution in [1.82, 2.24) is 24.8 Å². The minimum Gasteiger partial charge on any atom is -0.342 e. The molecule has 1 saturated carbocycles. The number of aromatic nitrogens is 3. The fraction of sp³-hybridized carbons (Fsp3) is 0.650. The van der Waals surface area contributed by atoms with Crippen LogP contribution in [0.4, 0.5) is 0 Å². The number of nitrogens with one attached hydrogen (secondary N) is 1. The molecule has 3 fully saturated rings. The van der Waals surface area contributed by atoms with E-state index in [-0.39, 0.29) is 5.41 Å². The van der Waals surface area contributed by atoms with Crippen LogP contribution in [-0.2, 0) is 4.79 Å². The first kappa shape index (κ1) is 16.2. The molecule has 2 atom stereocenters. The van der Waals surface area contributed by atoms with E-state index in [9.17, 15) is 4.79 Å². The molecule has 0 bridgehead atoms. The van der Waals surface area contributed by atoms with Gasteiger partial charge in [0.1, 0.15) is 5.82 Å². The van der Waals surface area contributed by atoms with E-state index in [0.717, 1.165) is 56.9 Å². The van der Waals surface area contributed by atoms with E-state index in [2.05, 4.69) is 24.8 Å². The van der Waals surface area contributed by atoms with E-state index in [1.807, 2.05) is 24.4 Å². The monoisotopic (exact) mass is 353 g/mol. The smallest absolute Gasteiger partial charge is 0.230 e. The lowest BCUT2D eigenvalue weighted by Crippen LogP contribution is -2.51. The number of amides is 1. The van der Waals surface area contributed by atoms with Crippen molar-refractivity contribution >= 4 is 11.6 Å². The van der Waals surface area contributed by atoms with Crippen molar-refractivity contribution in [3.05, 3.63) is 30.2 Å². The lowest BCUT2D eigenvalue weighted by Gasteiger charge is -2.42. The van der Waals surface area contributed by atoms with Gasteiger partial charge in [-0.2, -0.15) is 0 Å². The van der Waals surface area contributed by atoms with Crippen molar-refractivity contribution in [2.24, 2.45) is 11.3 Å². The second-order valence-electron chi connectivity index (χ2n) is 8.28.